The molecule has 0 atom stereocenters. The molecule has 0 aliphatic heterocycles. The Morgan fingerprint density at radius 2 is 2.44 bits per heavy atom. The smallest absolute Gasteiger partial charge is 0.330 e. The minimum atomic E-state index is -0.472. The molecule has 0 heterocycles. The van der Waals surface area contributed by atoms with E-state index in [1.165, 1.54) is 6.42 Å². The molecule has 3 nitrogen and oxygen atoms in total. The van der Waals surface area contributed by atoms with Crippen LogP contribution in [-0.4, -0.2) is 24.3 Å². The van der Waals surface area contributed by atoms with Gasteiger partial charge < -0.3 is 9.84 Å². The van der Waals surface area contributed by atoms with Gasteiger partial charge in [0.05, 0.1) is 6.61 Å². The van der Waals surface area contributed by atoms with Crippen molar-refractivity contribution in [2.45, 2.75) is 0 Å². The van der Waals surface area contributed by atoms with Gasteiger partial charge in [-0.2, -0.15) is 0 Å². The summed E-state index contributed by atoms with van der Waals surface area (Å²) in [7, 11) is 0. The van der Waals surface area contributed by atoms with Crippen LogP contribution in [0.25, 0.3) is 0 Å². The first-order valence-corrected chi connectivity index (χ1v) is 2.53. The number of rotatable bonds is 4. The predicted molar refractivity (Wildman–Crippen MR) is 32.5 cm³/mol. The van der Waals surface area contributed by atoms with Crippen LogP contribution in [0.4, 0.5) is 0 Å². The van der Waals surface area contributed by atoms with Crippen LogP contribution >= 0.6 is 0 Å². The van der Waals surface area contributed by atoms with Gasteiger partial charge in [0.1, 0.15) is 0 Å². The summed E-state index contributed by atoms with van der Waals surface area (Å²) in [6.07, 6.45) is 2.51. The van der Waals surface area contributed by atoms with Gasteiger partial charge in [0.15, 0.2) is 0 Å². The van der Waals surface area contributed by atoms with Gasteiger partial charge in [0.2, 0.25) is 0 Å². The van der Waals surface area contributed by atoms with E-state index in [2.05, 4.69) is 11.3 Å². The van der Waals surface area contributed by atoms with E-state index in [0.717, 1.165) is 6.08 Å². The zero-order valence-corrected chi connectivity index (χ0v) is 5.04. The molecule has 1 N–H and O–H groups in total. The standard InChI is InChI=1S/C6H9O3/c1-2-6(8)9-5-3-4-7/h2-3,7H,1,4-5H2. The number of aliphatic hydroxyl groups excluding tert-OH is 1. The Bertz CT molecular complexity index is 98.5. The lowest BCUT2D eigenvalue weighted by Gasteiger charge is -1.96. The number of carbonyl (C=O) groups is 1. The van der Waals surface area contributed by atoms with Crippen molar-refractivity contribution >= 4 is 5.97 Å². The van der Waals surface area contributed by atoms with Gasteiger partial charge in [0, 0.05) is 19.1 Å². The van der Waals surface area contributed by atoms with E-state index in [1.54, 1.807) is 0 Å². The lowest BCUT2D eigenvalue weighted by Crippen LogP contribution is -2.03. The monoisotopic (exact) mass is 129 g/mol. The summed E-state index contributed by atoms with van der Waals surface area (Å²) in [5.41, 5.74) is 0. The molecular weight excluding hydrogens is 120 g/mol. The Morgan fingerprint density at radius 1 is 1.78 bits per heavy atom. The largest absolute Gasteiger partial charge is 0.462 e. The van der Waals surface area contributed by atoms with E-state index in [-0.39, 0.29) is 13.2 Å². The SMILES string of the molecule is C=CC(=O)OC[CH]CO. The number of carbonyl (C=O) groups excluding carboxylic acids is 1. The van der Waals surface area contributed by atoms with Crippen LogP contribution in [0.5, 0.6) is 0 Å². The molecule has 0 rings (SSSR count). The molecule has 51 valence electrons. The van der Waals surface area contributed by atoms with Crippen LogP contribution in [0.3, 0.4) is 0 Å². The first kappa shape index (κ1) is 8.17. The molecule has 0 aromatic rings. The second-order valence-corrected chi connectivity index (χ2v) is 1.31. The highest BCUT2D eigenvalue weighted by Gasteiger charge is 1.92. The minimum absolute atomic E-state index is 0.0789. The summed E-state index contributed by atoms with van der Waals surface area (Å²) in [4.78, 5) is 10.2. The quantitative estimate of drug-likeness (QED) is 0.328. The molecule has 0 amide bonds. The highest BCUT2D eigenvalue weighted by molar-refractivity contribution is 5.81. The molecule has 0 aromatic heterocycles. The summed E-state index contributed by atoms with van der Waals surface area (Å²) in [5, 5.41) is 8.18. The van der Waals surface area contributed by atoms with E-state index >= 15 is 0 Å². The molecule has 0 aliphatic rings. The van der Waals surface area contributed by atoms with Crippen LogP contribution < -0.4 is 0 Å². The zero-order valence-electron chi connectivity index (χ0n) is 5.04. The average molecular weight is 129 g/mol. The molecule has 0 aliphatic carbocycles. The molecule has 0 bridgehead atoms. The predicted octanol–water partition coefficient (Wildman–Crippen LogP) is -0.0878. The highest BCUT2D eigenvalue weighted by Crippen LogP contribution is 1.81. The number of esters is 1. The van der Waals surface area contributed by atoms with Crippen LogP contribution in [-0.2, 0) is 9.53 Å². The Balaban J connectivity index is 3.07. The Kier molecular flexibility index (Phi) is 4.82. The third-order valence-electron chi connectivity index (χ3n) is 0.639. The maximum atomic E-state index is 10.2. The summed E-state index contributed by atoms with van der Waals surface area (Å²) >= 11 is 0. The lowest BCUT2D eigenvalue weighted by atomic mass is 10.5. The van der Waals surface area contributed by atoms with Gasteiger partial charge in [-0.05, 0) is 0 Å². The van der Waals surface area contributed by atoms with Crippen molar-refractivity contribution in [2.24, 2.45) is 0 Å². The first-order chi connectivity index (χ1) is 4.31. The minimum Gasteiger partial charge on any atom is -0.462 e. The van der Waals surface area contributed by atoms with Crippen molar-refractivity contribution in [3.63, 3.8) is 0 Å². The molecular formula is C6H9O3. The van der Waals surface area contributed by atoms with Crippen molar-refractivity contribution in [1.82, 2.24) is 0 Å². The molecule has 0 saturated carbocycles. The second kappa shape index (κ2) is 5.31. The Morgan fingerprint density at radius 3 is 2.89 bits per heavy atom. The molecule has 3 heteroatoms. The summed E-state index contributed by atoms with van der Waals surface area (Å²) < 4.78 is 4.46. The van der Waals surface area contributed by atoms with Crippen LogP contribution in [0, 0.1) is 6.42 Å². The summed E-state index contributed by atoms with van der Waals surface area (Å²) in [6.45, 7) is 3.25. The van der Waals surface area contributed by atoms with Crippen molar-refractivity contribution in [3.05, 3.63) is 19.1 Å². The molecule has 0 spiro atoms. The van der Waals surface area contributed by atoms with Crippen molar-refractivity contribution < 1.29 is 14.6 Å². The van der Waals surface area contributed by atoms with Crippen LogP contribution in [0.2, 0.25) is 0 Å². The van der Waals surface area contributed by atoms with Crippen LogP contribution in [0.1, 0.15) is 0 Å². The third kappa shape index (κ3) is 5.03. The van der Waals surface area contributed by atoms with E-state index in [4.69, 9.17) is 5.11 Å². The number of hydrogen-bond acceptors (Lipinski definition) is 3. The number of ether oxygens (including phenoxy) is 1. The number of hydrogen-bond donors (Lipinski definition) is 1. The van der Waals surface area contributed by atoms with Gasteiger partial charge in [-0.1, -0.05) is 6.58 Å². The van der Waals surface area contributed by atoms with Gasteiger partial charge >= 0.3 is 5.97 Å². The molecule has 0 saturated heterocycles. The fourth-order valence-corrected chi connectivity index (χ4v) is 0.253. The van der Waals surface area contributed by atoms with E-state index < -0.39 is 5.97 Å². The van der Waals surface area contributed by atoms with Crippen LogP contribution in [0.15, 0.2) is 12.7 Å². The normalized spacial score (nSPS) is 8.56. The van der Waals surface area contributed by atoms with Gasteiger partial charge in [-0.3, -0.25) is 0 Å². The third-order valence-corrected chi connectivity index (χ3v) is 0.639. The summed E-state index contributed by atoms with van der Waals surface area (Å²) in [5.74, 6) is -0.472. The topological polar surface area (TPSA) is 46.5 Å². The molecule has 1 radical (unpaired) electrons. The fraction of sp³-hybridized carbons (Fsp3) is 0.333. The maximum absolute atomic E-state index is 10.2. The van der Waals surface area contributed by atoms with Gasteiger partial charge in [0.25, 0.3) is 0 Å². The molecule has 0 fully saturated rings. The van der Waals surface area contributed by atoms with Crippen molar-refractivity contribution in [3.8, 4) is 0 Å². The average Bonchev–Trinajstić information content (AvgIpc) is 1.89. The zero-order chi connectivity index (χ0) is 7.11. The van der Waals surface area contributed by atoms with Crippen molar-refractivity contribution in [2.75, 3.05) is 13.2 Å². The highest BCUT2D eigenvalue weighted by atomic mass is 16.5. The van der Waals surface area contributed by atoms with Gasteiger partial charge in [-0.15, -0.1) is 0 Å². The first-order valence-electron chi connectivity index (χ1n) is 2.53. The molecule has 0 unspecified atom stereocenters. The second-order valence-electron chi connectivity index (χ2n) is 1.31. The van der Waals surface area contributed by atoms with Crippen molar-refractivity contribution in [1.29, 1.82) is 0 Å². The summed E-state index contributed by atoms with van der Waals surface area (Å²) in [6, 6.07) is 0. The lowest BCUT2D eigenvalue weighted by molar-refractivity contribution is -0.136. The van der Waals surface area contributed by atoms with E-state index in [9.17, 15) is 4.79 Å². The Hall–Kier alpha value is -0.830. The molecule has 0 aromatic carbocycles. The van der Waals surface area contributed by atoms with E-state index in [1.807, 2.05) is 0 Å². The Labute approximate surface area is 53.9 Å². The van der Waals surface area contributed by atoms with E-state index in [0.29, 0.717) is 0 Å². The maximum Gasteiger partial charge on any atom is 0.330 e. The van der Waals surface area contributed by atoms with Gasteiger partial charge in [-0.25, -0.2) is 4.79 Å². The number of aliphatic hydroxyl groups is 1. The fourth-order valence-electron chi connectivity index (χ4n) is 0.253. The molecule has 9 heavy (non-hydrogen) atoms.